The van der Waals surface area contributed by atoms with Gasteiger partial charge in [-0.25, -0.2) is 9.59 Å². The standard InChI is InChI=1S/C14H18N4O6/c1-4-16-14(21)17-12(19)8(2)24-13(20)10-7-9(18(22)23)5-6-11(10)15-3/h5-8,15H,4H2,1-3H3,(H2,16,17,19,21). The Morgan fingerprint density at radius 1 is 1.33 bits per heavy atom. The minimum absolute atomic E-state index is 0.0932. The fourth-order valence-electron chi connectivity index (χ4n) is 1.73. The maximum absolute atomic E-state index is 12.2. The van der Waals surface area contributed by atoms with Crippen molar-refractivity contribution >= 4 is 29.3 Å². The summed E-state index contributed by atoms with van der Waals surface area (Å²) in [4.78, 5) is 45.3. The number of amides is 3. The molecule has 1 atom stereocenters. The molecule has 1 rings (SSSR count). The molecule has 0 saturated carbocycles. The lowest BCUT2D eigenvalue weighted by Gasteiger charge is -2.14. The molecule has 0 bridgehead atoms. The van der Waals surface area contributed by atoms with Crippen LogP contribution >= 0.6 is 0 Å². The van der Waals surface area contributed by atoms with Gasteiger partial charge < -0.3 is 15.4 Å². The lowest BCUT2D eigenvalue weighted by atomic mass is 10.1. The Kier molecular flexibility index (Phi) is 6.65. The number of carbonyl (C=O) groups is 3. The van der Waals surface area contributed by atoms with Gasteiger partial charge in [-0.2, -0.15) is 0 Å². The molecular formula is C14H18N4O6. The molecule has 1 aromatic rings. The molecule has 1 unspecified atom stereocenters. The highest BCUT2D eigenvalue weighted by molar-refractivity contribution is 6.00. The number of nitrogens with zero attached hydrogens (tertiary/aromatic N) is 1. The number of urea groups is 1. The van der Waals surface area contributed by atoms with Crippen LogP contribution in [0, 0.1) is 10.1 Å². The summed E-state index contributed by atoms with van der Waals surface area (Å²) in [6, 6.07) is 2.92. The number of carbonyl (C=O) groups excluding carboxylic acids is 3. The highest BCUT2D eigenvalue weighted by Crippen LogP contribution is 2.23. The van der Waals surface area contributed by atoms with Gasteiger partial charge in [0.25, 0.3) is 11.6 Å². The molecule has 10 heteroatoms. The number of nitro groups is 1. The molecule has 0 fully saturated rings. The van der Waals surface area contributed by atoms with Gasteiger partial charge in [-0.1, -0.05) is 0 Å². The highest BCUT2D eigenvalue weighted by Gasteiger charge is 2.23. The van der Waals surface area contributed by atoms with Gasteiger partial charge >= 0.3 is 12.0 Å². The third-order valence-electron chi connectivity index (χ3n) is 2.93. The Balaban J connectivity index is 2.86. The molecule has 0 aromatic heterocycles. The molecule has 0 aliphatic heterocycles. The van der Waals surface area contributed by atoms with E-state index < -0.39 is 28.9 Å². The Morgan fingerprint density at radius 3 is 2.54 bits per heavy atom. The van der Waals surface area contributed by atoms with Gasteiger partial charge in [-0.3, -0.25) is 20.2 Å². The predicted molar refractivity (Wildman–Crippen MR) is 84.7 cm³/mol. The molecule has 1 aromatic carbocycles. The number of ether oxygens (including phenoxy) is 1. The van der Waals surface area contributed by atoms with Crippen molar-refractivity contribution in [1.82, 2.24) is 10.6 Å². The molecule has 0 heterocycles. The van der Waals surface area contributed by atoms with Gasteiger partial charge in [0.1, 0.15) is 0 Å². The fourth-order valence-corrected chi connectivity index (χ4v) is 1.73. The molecule has 0 radical (unpaired) electrons. The molecule has 0 aliphatic rings. The predicted octanol–water partition coefficient (Wildman–Crippen LogP) is 1.03. The van der Waals surface area contributed by atoms with Crippen LogP contribution in [0.25, 0.3) is 0 Å². The van der Waals surface area contributed by atoms with E-state index in [1.54, 1.807) is 6.92 Å². The maximum atomic E-state index is 12.2. The van der Waals surface area contributed by atoms with E-state index in [2.05, 4.69) is 10.6 Å². The van der Waals surface area contributed by atoms with E-state index in [4.69, 9.17) is 4.74 Å². The first-order valence-corrected chi connectivity index (χ1v) is 7.06. The van der Waals surface area contributed by atoms with E-state index in [-0.39, 0.29) is 11.3 Å². The van der Waals surface area contributed by atoms with Crippen LogP contribution in [0.3, 0.4) is 0 Å². The summed E-state index contributed by atoms with van der Waals surface area (Å²) in [6.45, 7) is 3.28. The zero-order valence-corrected chi connectivity index (χ0v) is 13.4. The third kappa shape index (κ3) is 4.93. The van der Waals surface area contributed by atoms with E-state index in [9.17, 15) is 24.5 Å². The van der Waals surface area contributed by atoms with Crippen molar-refractivity contribution in [2.75, 3.05) is 18.9 Å². The lowest BCUT2D eigenvalue weighted by Crippen LogP contribution is -2.44. The minimum Gasteiger partial charge on any atom is -0.449 e. The van der Waals surface area contributed by atoms with Crippen molar-refractivity contribution in [2.24, 2.45) is 0 Å². The molecule has 0 spiro atoms. The molecule has 3 amide bonds. The topological polar surface area (TPSA) is 140 Å². The summed E-state index contributed by atoms with van der Waals surface area (Å²) in [5, 5.41) is 17.9. The summed E-state index contributed by atoms with van der Waals surface area (Å²) in [5.74, 6) is -1.74. The van der Waals surface area contributed by atoms with Gasteiger partial charge in [0.05, 0.1) is 10.5 Å². The summed E-state index contributed by atoms with van der Waals surface area (Å²) in [5.41, 5.74) is -0.0772. The molecular weight excluding hydrogens is 320 g/mol. The zero-order chi connectivity index (χ0) is 18.3. The highest BCUT2D eigenvalue weighted by atomic mass is 16.6. The van der Waals surface area contributed by atoms with E-state index in [0.29, 0.717) is 12.2 Å². The van der Waals surface area contributed by atoms with E-state index >= 15 is 0 Å². The van der Waals surface area contributed by atoms with Crippen molar-refractivity contribution in [2.45, 2.75) is 20.0 Å². The average molecular weight is 338 g/mol. The molecule has 0 saturated heterocycles. The summed E-state index contributed by atoms with van der Waals surface area (Å²) >= 11 is 0. The summed E-state index contributed by atoms with van der Waals surface area (Å²) < 4.78 is 4.96. The van der Waals surface area contributed by atoms with Gasteiger partial charge in [0.15, 0.2) is 6.10 Å². The summed E-state index contributed by atoms with van der Waals surface area (Å²) in [7, 11) is 1.53. The van der Waals surface area contributed by atoms with Crippen LogP contribution in [0.15, 0.2) is 18.2 Å². The van der Waals surface area contributed by atoms with Crippen molar-refractivity contribution in [3.05, 3.63) is 33.9 Å². The second-order valence-electron chi connectivity index (χ2n) is 4.63. The molecule has 130 valence electrons. The summed E-state index contributed by atoms with van der Waals surface area (Å²) in [6.07, 6.45) is -1.26. The molecule has 0 aliphatic carbocycles. The largest absolute Gasteiger partial charge is 0.449 e. The maximum Gasteiger partial charge on any atom is 0.341 e. The Labute approximate surface area is 137 Å². The van der Waals surface area contributed by atoms with Crippen molar-refractivity contribution < 1.29 is 24.0 Å². The normalized spacial score (nSPS) is 11.1. The zero-order valence-electron chi connectivity index (χ0n) is 13.4. The van der Waals surface area contributed by atoms with Crippen LogP contribution in [0.5, 0.6) is 0 Å². The number of imide groups is 1. The number of anilines is 1. The SMILES string of the molecule is CCNC(=O)NC(=O)C(C)OC(=O)c1cc([N+](=O)[O-])ccc1NC. The van der Waals surface area contributed by atoms with Crippen LogP contribution in [-0.4, -0.2) is 42.5 Å². The number of nitro benzene ring substituents is 1. The molecule has 10 nitrogen and oxygen atoms in total. The van der Waals surface area contributed by atoms with Crippen molar-refractivity contribution in [3.8, 4) is 0 Å². The Morgan fingerprint density at radius 2 is 2.00 bits per heavy atom. The van der Waals surface area contributed by atoms with Crippen LogP contribution < -0.4 is 16.0 Å². The average Bonchev–Trinajstić information content (AvgIpc) is 2.53. The number of hydrogen-bond donors (Lipinski definition) is 3. The lowest BCUT2D eigenvalue weighted by molar-refractivity contribution is -0.384. The Hall–Kier alpha value is -3.17. The van der Waals surface area contributed by atoms with Gasteiger partial charge in [-0.15, -0.1) is 0 Å². The number of rotatable bonds is 6. The number of nitrogens with one attached hydrogen (secondary N) is 3. The minimum atomic E-state index is -1.26. The smallest absolute Gasteiger partial charge is 0.341 e. The van der Waals surface area contributed by atoms with E-state index in [0.717, 1.165) is 6.07 Å². The van der Waals surface area contributed by atoms with E-state index in [1.807, 2.05) is 5.32 Å². The van der Waals surface area contributed by atoms with Gasteiger partial charge in [0.2, 0.25) is 0 Å². The molecule has 3 N–H and O–H groups in total. The van der Waals surface area contributed by atoms with Crippen LogP contribution in [0.2, 0.25) is 0 Å². The van der Waals surface area contributed by atoms with Crippen molar-refractivity contribution in [1.29, 1.82) is 0 Å². The van der Waals surface area contributed by atoms with E-state index in [1.165, 1.54) is 26.1 Å². The number of non-ortho nitro benzene ring substituents is 1. The first-order chi connectivity index (χ1) is 11.3. The molecule has 24 heavy (non-hydrogen) atoms. The first-order valence-electron chi connectivity index (χ1n) is 7.06. The number of benzene rings is 1. The van der Waals surface area contributed by atoms with Crippen LogP contribution in [-0.2, 0) is 9.53 Å². The van der Waals surface area contributed by atoms with Gasteiger partial charge in [0, 0.05) is 31.4 Å². The second kappa shape index (κ2) is 8.46. The monoisotopic (exact) mass is 338 g/mol. The number of hydrogen-bond acceptors (Lipinski definition) is 7. The third-order valence-corrected chi connectivity index (χ3v) is 2.93. The number of esters is 1. The Bertz CT molecular complexity index is 661. The second-order valence-corrected chi connectivity index (χ2v) is 4.63. The first kappa shape index (κ1) is 18.9. The van der Waals surface area contributed by atoms with Crippen LogP contribution in [0.1, 0.15) is 24.2 Å². The van der Waals surface area contributed by atoms with Crippen molar-refractivity contribution in [3.63, 3.8) is 0 Å². The fraction of sp³-hybridized carbons (Fsp3) is 0.357. The van der Waals surface area contributed by atoms with Gasteiger partial charge in [-0.05, 0) is 19.9 Å². The van der Waals surface area contributed by atoms with Crippen LogP contribution in [0.4, 0.5) is 16.2 Å². The quantitative estimate of drug-likeness (QED) is 0.400.